The highest BCUT2D eigenvalue weighted by Gasteiger charge is 2.35. The SMILES string of the molecule is CCOC(=O)C1=C(c2ccccc2)N=c2s/c(=C\c3ccc(OCc4ccc(Br)cc4)cc3)c(=O)n2[C@H]1c1ccc(SC)cc1. The van der Waals surface area contributed by atoms with Crippen LogP contribution in [0.25, 0.3) is 11.8 Å². The third kappa shape index (κ3) is 6.76. The van der Waals surface area contributed by atoms with Crippen molar-refractivity contribution in [1.82, 2.24) is 4.57 Å². The number of fused-ring (bicyclic) bond motifs is 1. The summed E-state index contributed by atoms with van der Waals surface area (Å²) in [6.45, 7) is 2.43. The number of carbonyl (C=O) groups is 1. The van der Waals surface area contributed by atoms with E-state index in [0.717, 1.165) is 37.4 Å². The van der Waals surface area contributed by atoms with Crippen LogP contribution in [0.2, 0.25) is 0 Å². The summed E-state index contributed by atoms with van der Waals surface area (Å²) in [5.41, 5.74) is 4.13. The van der Waals surface area contributed by atoms with Gasteiger partial charge in [-0.05, 0) is 72.3 Å². The zero-order chi connectivity index (χ0) is 31.3. The summed E-state index contributed by atoms with van der Waals surface area (Å²) in [5.74, 6) is 0.240. The molecule has 1 aliphatic heterocycles. The van der Waals surface area contributed by atoms with Crippen molar-refractivity contribution in [3.8, 4) is 5.75 Å². The van der Waals surface area contributed by atoms with Crippen molar-refractivity contribution in [3.05, 3.63) is 155 Å². The van der Waals surface area contributed by atoms with Crippen LogP contribution in [0.4, 0.5) is 0 Å². The fraction of sp³-hybridized carbons (Fsp3) is 0.139. The Kier molecular flexibility index (Phi) is 9.49. The van der Waals surface area contributed by atoms with E-state index in [9.17, 15) is 9.59 Å². The van der Waals surface area contributed by atoms with Crippen molar-refractivity contribution >= 4 is 56.8 Å². The zero-order valence-corrected chi connectivity index (χ0v) is 27.8. The molecule has 0 bridgehead atoms. The number of rotatable bonds is 9. The molecule has 9 heteroatoms. The fourth-order valence-corrected chi connectivity index (χ4v) is 6.77. The van der Waals surface area contributed by atoms with Gasteiger partial charge in [0.1, 0.15) is 12.4 Å². The lowest BCUT2D eigenvalue weighted by atomic mass is 9.93. The molecule has 1 atom stereocenters. The average Bonchev–Trinajstić information content (AvgIpc) is 3.38. The summed E-state index contributed by atoms with van der Waals surface area (Å²) in [6.07, 6.45) is 3.86. The lowest BCUT2D eigenvalue weighted by Crippen LogP contribution is -2.40. The third-order valence-electron chi connectivity index (χ3n) is 7.30. The van der Waals surface area contributed by atoms with E-state index in [2.05, 4.69) is 15.9 Å². The number of esters is 1. The largest absolute Gasteiger partial charge is 0.489 e. The van der Waals surface area contributed by atoms with Gasteiger partial charge in [-0.3, -0.25) is 9.36 Å². The van der Waals surface area contributed by atoms with Gasteiger partial charge in [-0.15, -0.1) is 11.8 Å². The Morgan fingerprint density at radius 3 is 2.36 bits per heavy atom. The highest BCUT2D eigenvalue weighted by atomic mass is 79.9. The molecule has 2 heterocycles. The molecular weight excluding hydrogens is 668 g/mol. The van der Waals surface area contributed by atoms with E-state index in [-0.39, 0.29) is 12.2 Å². The maximum absolute atomic E-state index is 14.1. The lowest BCUT2D eigenvalue weighted by Gasteiger charge is -2.26. The van der Waals surface area contributed by atoms with Gasteiger partial charge in [0, 0.05) is 14.9 Å². The maximum atomic E-state index is 14.1. The first-order valence-electron chi connectivity index (χ1n) is 14.3. The molecule has 0 amide bonds. The van der Waals surface area contributed by atoms with Gasteiger partial charge in [0.25, 0.3) is 5.56 Å². The Hall–Kier alpha value is -4.18. The maximum Gasteiger partial charge on any atom is 0.338 e. The number of halogens is 1. The number of hydrogen-bond donors (Lipinski definition) is 0. The van der Waals surface area contributed by atoms with Crippen LogP contribution in [-0.2, 0) is 16.1 Å². The third-order valence-corrected chi connectivity index (χ3v) is 9.56. The van der Waals surface area contributed by atoms with Gasteiger partial charge in [0.05, 0.1) is 28.5 Å². The predicted molar refractivity (Wildman–Crippen MR) is 184 cm³/mol. The van der Waals surface area contributed by atoms with E-state index >= 15 is 0 Å². The van der Waals surface area contributed by atoms with Crippen LogP contribution in [0.15, 0.2) is 128 Å². The van der Waals surface area contributed by atoms with Gasteiger partial charge >= 0.3 is 5.97 Å². The van der Waals surface area contributed by atoms with Gasteiger partial charge in [-0.25, -0.2) is 9.79 Å². The summed E-state index contributed by atoms with van der Waals surface area (Å²) < 4.78 is 14.7. The van der Waals surface area contributed by atoms with Gasteiger partial charge in [0.2, 0.25) is 0 Å². The Morgan fingerprint density at radius 2 is 1.69 bits per heavy atom. The second-order valence-electron chi connectivity index (χ2n) is 10.2. The molecule has 1 aromatic heterocycles. The molecule has 6 nitrogen and oxygen atoms in total. The van der Waals surface area contributed by atoms with Crippen LogP contribution in [0.5, 0.6) is 5.75 Å². The van der Waals surface area contributed by atoms with E-state index in [1.165, 1.54) is 11.3 Å². The molecule has 0 aliphatic carbocycles. The van der Waals surface area contributed by atoms with Crippen molar-refractivity contribution in [3.63, 3.8) is 0 Å². The Morgan fingerprint density at radius 1 is 0.978 bits per heavy atom. The number of nitrogens with zero attached hydrogens (tertiary/aromatic N) is 2. The smallest absolute Gasteiger partial charge is 0.338 e. The fourth-order valence-electron chi connectivity index (χ4n) is 5.10. The lowest BCUT2D eigenvalue weighted by molar-refractivity contribution is -0.138. The first kappa shape index (κ1) is 30.8. The second-order valence-corrected chi connectivity index (χ2v) is 13.0. The summed E-state index contributed by atoms with van der Waals surface area (Å²) in [6, 6.07) is 32.4. The molecule has 226 valence electrons. The summed E-state index contributed by atoms with van der Waals surface area (Å²) >= 11 is 6.39. The highest BCUT2D eigenvalue weighted by molar-refractivity contribution is 9.10. The number of aromatic nitrogens is 1. The topological polar surface area (TPSA) is 69.9 Å². The molecular formula is C36H29BrN2O4S2. The summed E-state index contributed by atoms with van der Waals surface area (Å²) in [5, 5.41) is 0. The molecule has 0 fully saturated rings. The quantitative estimate of drug-likeness (QED) is 0.123. The van der Waals surface area contributed by atoms with Crippen molar-refractivity contribution in [2.45, 2.75) is 24.5 Å². The minimum absolute atomic E-state index is 0.204. The number of benzene rings is 4. The average molecular weight is 698 g/mol. The first-order chi connectivity index (χ1) is 21.9. The first-order valence-corrected chi connectivity index (χ1v) is 17.2. The Labute approximate surface area is 277 Å². The minimum atomic E-state index is -0.706. The normalized spacial score (nSPS) is 14.6. The second kappa shape index (κ2) is 13.9. The number of hydrogen-bond acceptors (Lipinski definition) is 7. The molecule has 0 spiro atoms. The summed E-state index contributed by atoms with van der Waals surface area (Å²) in [7, 11) is 0. The van der Waals surface area contributed by atoms with Crippen LogP contribution in [-0.4, -0.2) is 23.4 Å². The van der Waals surface area contributed by atoms with Crippen molar-refractivity contribution < 1.29 is 14.3 Å². The molecule has 0 unspecified atom stereocenters. The molecule has 0 N–H and O–H groups in total. The molecule has 1 aliphatic rings. The van der Waals surface area contributed by atoms with Crippen LogP contribution < -0.4 is 19.6 Å². The van der Waals surface area contributed by atoms with Crippen molar-refractivity contribution in [1.29, 1.82) is 0 Å². The number of ether oxygens (including phenoxy) is 2. The van der Waals surface area contributed by atoms with E-state index in [1.807, 2.05) is 115 Å². The predicted octanol–water partition coefficient (Wildman–Crippen LogP) is 7.00. The van der Waals surface area contributed by atoms with E-state index in [1.54, 1.807) is 23.3 Å². The zero-order valence-electron chi connectivity index (χ0n) is 24.6. The van der Waals surface area contributed by atoms with Gasteiger partial charge in [-0.2, -0.15) is 0 Å². The van der Waals surface area contributed by atoms with E-state index in [4.69, 9.17) is 14.5 Å². The van der Waals surface area contributed by atoms with Crippen LogP contribution >= 0.6 is 39.0 Å². The van der Waals surface area contributed by atoms with E-state index in [0.29, 0.717) is 27.2 Å². The monoisotopic (exact) mass is 696 g/mol. The molecule has 45 heavy (non-hydrogen) atoms. The van der Waals surface area contributed by atoms with Gasteiger partial charge < -0.3 is 9.47 Å². The van der Waals surface area contributed by atoms with Gasteiger partial charge in [0.15, 0.2) is 4.80 Å². The molecule has 5 aromatic rings. The number of carbonyl (C=O) groups excluding carboxylic acids is 1. The van der Waals surface area contributed by atoms with Crippen molar-refractivity contribution in [2.75, 3.05) is 12.9 Å². The molecule has 0 radical (unpaired) electrons. The number of thioether (sulfide) groups is 1. The molecule has 0 saturated carbocycles. The van der Waals surface area contributed by atoms with Crippen LogP contribution in [0, 0.1) is 0 Å². The molecule has 0 saturated heterocycles. The van der Waals surface area contributed by atoms with Crippen LogP contribution in [0.3, 0.4) is 0 Å². The Bertz CT molecular complexity index is 2030. The standard InChI is InChI=1S/C36H29BrN2O4S2/c1-3-42-35(41)31-32(25-7-5-4-6-8-25)38-36-39(33(31)26-13-19-29(44-2)20-14-26)34(40)30(45-36)21-23-11-17-28(18-12-23)43-22-24-9-15-27(37)16-10-24/h4-21,33H,3,22H2,1-2H3/b30-21-/t33-/m0/s1. The molecule has 4 aromatic carbocycles. The van der Waals surface area contributed by atoms with Gasteiger partial charge in [-0.1, -0.05) is 94.0 Å². The van der Waals surface area contributed by atoms with Crippen LogP contribution in [0.1, 0.15) is 35.2 Å². The summed E-state index contributed by atoms with van der Waals surface area (Å²) in [4.78, 5) is 34.3. The molecule has 6 rings (SSSR count). The number of thiazole rings is 1. The van der Waals surface area contributed by atoms with E-state index < -0.39 is 12.0 Å². The van der Waals surface area contributed by atoms with Crippen molar-refractivity contribution in [2.24, 2.45) is 4.99 Å². The minimum Gasteiger partial charge on any atom is -0.489 e. The Balaban J connectivity index is 1.43. The highest BCUT2D eigenvalue weighted by Crippen LogP contribution is 2.35.